The van der Waals surface area contributed by atoms with Crippen molar-refractivity contribution in [3.05, 3.63) is 65.7 Å². The molecule has 2 amide bonds. The van der Waals surface area contributed by atoms with Crippen molar-refractivity contribution < 1.29 is 19.1 Å². The summed E-state index contributed by atoms with van der Waals surface area (Å²) in [6, 6.07) is 16.0. The van der Waals surface area contributed by atoms with Crippen LogP contribution in [0.4, 0.5) is 4.79 Å². The average molecular weight is 342 g/mol. The molecule has 0 heterocycles. The van der Waals surface area contributed by atoms with Crippen LogP contribution in [-0.2, 0) is 22.7 Å². The predicted molar refractivity (Wildman–Crippen MR) is 94.1 cm³/mol. The van der Waals surface area contributed by atoms with Crippen LogP contribution in [0.3, 0.4) is 0 Å². The molecule has 2 rings (SSSR count). The fourth-order valence-electron chi connectivity index (χ4n) is 2.09. The van der Waals surface area contributed by atoms with Crippen molar-refractivity contribution in [2.75, 3.05) is 7.11 Å². The molecule has 0 saturated heterocycles. The van der Waals surface area contributed by atoms with Crippen molar-refractivity contribution in [1.82, 2.24) is 10.6 Å². The van der Waals surface area contributed by atoms with E-state index in [1.165, 1.54) is 0 Å². The highest BCUT2D eigenvalue weighted by Crippen LogP contribution is 2.10. The molecule has 0 fully saturated rings. The summed E-state index contributed by atoms with van der Waals surface area (Å²) in [5.41, 5.74) is 1.82. The fraction of sp³-hybridized carbons (Fsp3) is 0.263. The minimum absolute atomic E-state index is 0.160. The van der Waals surface area contributed by atoms with Gasteiger partial charge in [-0.15, -0.1) is 0 Å². The molecule has 1 atom stereocenters. The van der Waals surface area contributed by atoms with Gasteiger partial charge in [0, 0.05) is 6.54 Å². The number of amides is 2. The first-order chi connectivity index (χ1) is 12.1. The molecule has 0 saturated carbocycles. The summed E-state index contributed by atoms with van der Waals surface area (Å²) in [6.07, 6.45) is -0.629. The van der Waals surface area contributed by atoms with Crippen LogP contribution in [0.1, 0.15) is 18.1 Å². The molecule has 6 heteroatoms. The molecular formula is C19H22N2O4. The fourth-order valence-corrected chi connectivity index (χ4v) is 2.09. The monoisotopic (exact) mass is 342 g/mol. The van der Waals surface area contributed by atoms with Crippen LogP contribution >= 0.6 is 0 Å². The molecule has 0 aliphatic carbocycles. The Morgan fingerprint density at radius 1 is 1.00 bits per heavy atom. The van der Waals surface area contributed by atoms with Gasteiger partial charge in [-0.1, -0.05) is 42.5 Å². The zero-order valence-electron chi connectivity index (χ0n) is 14.3. The summed E-state index contributed by atoms with van der Waals surface area (Å²) in [6.45, 7) is 2.13. The van der Waals surface area contributed by atoms with Crippen LogP contribution in [-0.4, -0.2) is 25.2 Å². The first kappa shape index (κ1) is 18.3. The molecular weight excluding hydrogens is 320 g/mol. The van der Waals surface area contributed by atoms with Crippen LogP contribution in [0.25, 0.3) is 0 Å². The smallest absolute Gasteiger partial charge is 0.408 e. The molecule has 0 spiro atoms. The highest BCUT2D eigenvalue weighted by molar-refractivity contribution is 5.85. The van der Waals surface area contributed by atoms with Gasteiger partial charge in [-0.25, -0.2) is 4.79 Å². The summed E-state index contributed by atoms with van der Waals surface area (Å²) < 4.78 is 10.2. The van der Waals surface area contributed by atoms with Crippen molar-refractivity contribution in [1.29, 1.82) is 0 Å². The van der Waals surface area contributed by atoms with Crippen LogP contribution in [0, 0.1) is 0 Å². The largest absolute Gasteiger partial charge is 0.497 e. The summed E-state index contributed by atoms with van der Waals surface area (Å²) in [5, 5.41) is 5.28. The average Bonchev–Trinajstić information content (AvgIpc) is 2.65. The second-order valence-electron chi connectivity index (χ2n) is 5.49. The molecule has 0 bridgehead atoms. The summed E-state index contributed by atoms with van der Waals surface area (Å²) in [7, 11) is 1.60. The second-order valence-corrected chi connectivity index (χ2v) is 5.49. The van der Waals surface area contributed by atoms with Crippen molar-refractivity contribution in [2.45, 2.75) is 26.1 Å². The molecule has 25 heavy (non-hydrogen) atoms. The third kappa shape index (κ3) is 6.18. The Bertz CT molecular complexity index is 686. The van der Waals surface area contributed by atoms with Gasteiger partial charge in [0.25, 0.3) is 0 Å². The highest BCUT2D eigenvalue weighted by Gasteiger charge is 2.16. The van der Waals surface area contributed by atoms with Crippen LogP contribution in [0.2, 0.25) is 0 Å². The molecule has 2 aromatic rings. The summed E-state index contributed by atoms with van der Waals surface area (Å²) in [4.78, 5) is 23.8. The maximum absolute atomic E-state index is 12.0. The van der Waals surface area contributed by atoms with Crippen molar-refractivity contribution >= 4 is 12.0 Å². The van der Waals surface area contributed by atoms with Gasteiger partial charge in [0.15, 0.2) is 0 Å². The Hall–Kier alpha value is -3.02. The van der Waals surface area contributed by atoms with Crippen molar-refractivity contribution in [2.24, 2.45) is 0 Å². The number of benzene rings is 2. The van der Waals surface area contributed by atoms with Crippen molar-refractivity contribution in [3.63, 3.8) is 0 Å². The molecule has 0 unspecified atom stereocenters. The highest BCUT2D eigenvalue weighted by atomic mass is 16.5. The van der Waals surface area contributed by atoms with Crippen LogP contribution in [0.5, 0.6) is 5.75 Å². The zero-order valence-corrected chi connectivity index (χ0v) is 14.3. The number of methoxy groups -OCH3 is 1. The molecule has 0 aliphatic heterocycles. The van der Waals surface area contributed by atoms with Gasteiger partial charge in [0.2, 0.25) is 5.91 Å². The molecule has 2 aromatic carbocycles. The van der Waals surface area contributed by atoms with Gasteiger partial charge in [-0.2, -0.15) is 0 Å². The van der Waals surface area contributed by atoms with E-state index in [-0.39, 0.29) is 12.5 Å². The lowest BCUT2D eigenvalue weighted by Gasteiger charge is -2.14. The Kier molecular flexibility index (Phi) is 6.83. The number of nitrogens with one attached hydrogen (secondary N) is 2. The minimum atomic E-state index is -0.693. The molecule has 132 valence electrons. The number of hydrogen-bond acceptors (Lipinski definition) is 4. The Morgan fingerprint density at radius 2 is 1.68 bits per heavy atom. The molecule has 0 aliphatic rings. The van der Waals surface area contributed by atoms with E-state index in [2.05, 4.69) is 10.6 Å². The van der Waals surface area contributed by atoms with Gasteiger partial charge in [0.1, 0.15) is 18.4 Å². The number of alkyl carbamates (subject to hydrolysis) is 1. The maximum atomic E-state index is 12.0. The Morgan fingerprint density at radius 3 is 2.32 bits per heavy atom. The van der Waals surface area contributed by atoms with Gasteiger partial charge >= 0.3 is 6.09 Å². The number of hydrogen-bond donors (Lipinski definition) is 2. The summed E-state index contributed by atoms with van der Waals surface area (Å²) in [5.74, 6) is 0.471. The zero-order chi connectivity index (χ0) is 18.1. The number of ether oxygens (including phenoxy) is 2. The van der Waals surface area contributed by atoms with E-state index in [1.54, 1.807) is 14.0 Å². The predicted octanol–water partition coefficient (Wildman–Crippen LogP) is 2.63. The van der Waals surface area contributed by atoms with Gasteiger partial charge in [0.05, 0.1) is 7.11 Å². The van der Waals surface area contributed by atoms with E-state index < -0.39 is 12.1 Å². The first-order valence-electron chi connectivity index (χ1n) is 7.96. The molecule has 6 nitrogen and oxygen atoms in total. The summed E-state index contributed by atoms with van der Waals surface area (Å²) >= 11 is 0. The lowest BCUT2D eigenvalue weighted by Crippen LogP contribution is -2.44. The van der Waals surface area contributed by atoms with E-state index in [9.17, 15) is 9.59 Å². The topological polar surface area (TPSA) is 76.7 Å². The Labute approximate surface area is 147 Å². The van der Waals surface area contributed by atoms with Gasteiger partial charge in [-0.3, -0.25) is 4.79 Å². The van der Waals surface area contributed by atoms with Crippen molar-refractivity contribution in [3.8, 4) is 5.75 Å². The molecule has 0 radical (unpaired) electrons. The third-order valence-electron chi connectivity index (χ3n) is 3.57. The first-order valence-corrected chi connectivity index (χ1v) is 7.96. The van der Waals surface area contributed by atoms with E-state index in [0.29, 0.717) is 6.54 Å². The second kappa shape index (κ2) is 9.32. The molecule has 2 N–H and O–H groups in total. The standard InChI is InChI=1S/C19H22N2O4/c1-14(21-19(23)25-13-16-6-4-3-5-7-16)18(22)20-12-15-8-10-17(24-2)11-9-15/h3-11,14H,12-13H2,1-2H3,(H,20,22)(H,21,23)/t14-/m1/s1. The number of carbonyl (C=O) groups excluding carboxylic acids is 2. The van der Waals surface area contributed by atoms with Gasteiger partial charge < -0.3 is 20.1 Å². The van der Waals surface area contributed by atoms with E-state index in [0.717, 1.165) is 16.9 Å². The van der Waals surface area contributed by atoms with E-state index >= 15 is 0 Å². The van der Waals surface area contributed by atoms with E-state index in [1.807, 2.05) is 54.6 Å². The number of carbonyl (C=O) groups is 2. The molecule has 0 aromatic heterocycles. The van der Waals surface area contributed by atoms with Crippen LogP contribution in [0.15, 0.2) is 54.6 Å². The van der Waals surface area contributed by atoms with Crippen LogP contribution < -0.4 is 15.4 Å². The van der Waals surface area contributed by atoms with E-state index in [4.69, 9.17) is 9.47 Å². The minimum Gasteiger partial charge on any atom is -0.497 e. The lowest BCUT2D eigenvalue weighted by molar-refractivity contribution is -0.122. The SMILES string of the molecule is COc1ccc(CNC(=O)[C@@H](C)NC(=O)OCc2ccccc2)cc1. The Balaban J connectivity index is 1.72. The van der Waals surface area contributed by atoms with Gasteiger partial charge in [-0.05, 0) is 30.2 Å². The normalized spacial score (nSPS) is 11.3. The third-order valence-corrected chi connectivity index (χ3v) is 3.57. The number of rotatable bonds is 7. The maximum Gasteiger partial charge on any atom is 0.408 e. The quantitative estimate of drug-likeness (QED) is 0.811. The lowest BCUT2D eigenvalue weighted by atomic mass is 10.2.